The molecule has 1 amide bonds. The lowest BCUT2D eigenvalue weighted by molar-refractivity contribution is -0.274. The molecular formula is C17H15F3N2O3. The van der Waals surface area contributed by atoms with Crippen molar-refractivity contribution in [3.05, 3.63) is 48.0 Å². The van der Waals surface area contributed by atoms with Gasteiger partial charge in [-0.05, 0) is 35.4 Å². The quantitative estimate of drug-likeness (QED) is 0.922. The Balaban J connectivity index is 1.90. The second kappa shape index (κ2) is 6.64. The lowest BCUT2D eigenvalue weighted by Crippen LogP contribution is -2.37. The summed E-state index contributed by atoms with van der Waals surface area (Å²) >= 11 is 0. The molecule has 0 unspecified atom stereocenters. The third kappa shape index (κ3) is 3.85. The van der Waals surface area contributed by atoms with Gasteiger partial charge in [0.25, 0.3) is 5.91 Å². The first kappa shape index (κ1) is 17.1. The Bertz CT molecular complexity index is 776. The van der Waals surface area contributed by atoms with Gasteiger partial charge in [0.15, 0.2) is 0 Å². The van der Waals surface area contributed by atoms with Crippen molar-refractivity contribution >= 4 is 5.91 Å². The summed E-state index contributed by atoms with van der Waals surface area (Å²) in [6.07, 6.45) is -4.74. The Morgan fingerprint density at radius 2 is 1.80 bits per heavy atom. The average Bonchev–Trinajstić information content (AvgIpc) is 2.73. The molecular weight excluding hydrogens is 337 g/mol. The number of nitrogens with two attached hydrogens (primary N) is 1. The highest BCUT2D eigenvalue weighted by Gasteiger charge is 2.31. The highest BCUT2D eigenvalue weighted by Crippen LogP contribution is 2.31. The van der Waals surface area contributed by atoms with Crippen LogP contribution in [0.3, 0.4) is 0 Å². The van der Waals surface area contributed by atoms with Crippen molar-refractivity contribution in [1.29, 1.82) is 0 Å². The van der Waals surface area contributed by atoms with Gasteiger partial charge in [0.05, 0.1) is 18.8 Å². The second-order valence-electron chi connectivity index (χ2n) is 5.38. The molecule has 0 radical (unpaired) electrons. The third-order valence-corrected chi connectivity index (χ3v) is 3.76. The molecule has 0 saturated carbocycles. The fourth-order valence-electron chi connectivity index (χ4n) is 2.56. The van der Waals surface area contributed by atoms with Crippen molar-refractivity contribution in [1.82, 2.24) is 4.90 Å². The number of alkyl halides is 3. The molecule has 0 spiro atoms. The van der Waals surface area contributed by atoms with Crippen molar-refractivity contribution in [3.8, 4) is 22.6 Å². The van der Waals surface area contributed by atoms with Crippen LogP contribution in [0, 0.1) is 0 Å². The normalized spacial score (nSPS) is 14.6. The number of amides is 1. The summed E-state index contributed by atoms with van der Waals surface area (Å²) in [5.74, 6) is -0.0877. The van der Waals surface area contributed by atoms with E-state index in [0.29, 0.717) is 35.6 Å². The van der Waals surface area contributed by atoms with Crippen LogP contribution in [0.5, 0.6) is 11.5 Å². The van der Waals surface area contributed by atoms with Gasteiger partial charge in [-0.2, -0.15) is 0 Å². The maximum atomic E-state index is 12.5. The van der Waals surface area contributed by atoms with Gasteiger partial charge in [-0.15, -0.1) is 13.2 Å². The number of hydrogen-bond donors (Lipinski definition) is 1. The molecule has 0 bridgehead atoms. The molecule has 8 heteroatoms. The standard InChI is InChI=1S/C17H15F3N2O3/c18-17(19,20)25-13-4-1-11(2-5-13)12-3-6-15-14(9-12)16(23)22(10-21)7-8-24-15/h1-6,9H,7-8,10,21H2. The van der Waals surface area contributed by atoms with Gasteiger partial charge < -0.3 is 20.1 Å². The lowest BCUT2D eigenvalue weighted by Gasteiger charge is -2.17. The fraction of sp³-hybridized carbons (Fsp3) is 0.235. The van der Waals surface area contributed by atoms with Gasteiger partial charge in [-0.1, -0.05) is 18.2 Å². The highest BCUT2D eigenvalue weighted by molar-refractivity contribution is 5.98. The molecule has 0 saturated heterocycles. The molecule has 0 atom stereocenters. The highest BCUT2D eigenvalue weighted by atomic mass is 19.4. The van der Waals surface area contributed by atoms with Crippen LogP contribution in [0.15, 0.2) is 42.5 Å². The number of carbonyl (C=O) groups excluding carboxylic acids is 1. The van der Waals surface area contributed by atoms with Crippen molar-refractivity contribution in [2.45, 2.75) is 6.36 Å². The first-order valence-corrected chi connectivity index (χ1v) is 7.50. The number of rotatable bonds is 3. The number of hydrogen-bond acceptors (Lipinski definition) is 4. The zero-order valence-corrected chi connectivity index (χ0v) is 13.0. The number of nitrogens with zero attached hydrogens (tertiary/aromatic N) is 1. The molecule has 2 aromatic rings. The summed E-state index contributed by atoms with van der Waals surface area (Å²) in [5, 5.41) is 0. The van der Waals surface area contributed by atoms with Crippen LogP contribution in [-0.4, -0.2) is 37.0 Å². The number of benzene rings is 2. The minimum absolute atomic E-state index is 0.0787. The number of ether oxygens (including phenoxy) is 2. The monoisotopic (exact) mass is 352 g/mol. The molecule has 1 aliphatic heterocycles. The summed E-state index contributed by atoms with van der Waals surface area (Å²) < 4.78 is 46.1. The average molecular weight is 352 g/mol. The van der Waals surface area contributed by atoms with Crippen LogP contribution in [0.1, 0.15) is 10.4 Å². The van der Waals surface area contributed by atoms with Crippen LogP contribution < -0.4 is 15.2 Å². The Kier molecular flexibility index (Phi) is 4.54. The molecule has 1 heterocycles. The molecule has 2 N–H and O–H groups in total. The largest absolute Gasteiger partial charge is 0.573 e. The maximum Gasteiger partial charge on any atom is 0.573 e. The number of fused-ring (bicyclic) bond motifs is 1. The van der Waals surface area contributed by atoms with Crippen LogP contribution >= 0.6 is 0 Å². The molecule has 132 valence electrons. The van der Waals surface area contributed by atoms with E-state index in [-0.39, 0.29) is 18.3 Å². The molecule has 2 aromatic carbocycles. The molecule has 1 aliphatic rings. The molecule has 0 fully saturated rings. The SMILES string of the molecule is NCN1CCOc2ccc(-c3ccc(OC(F)(F)F)cc3)cc2C1=O. The summed E-state index contributed by atoms with van der Waals surface area (Å²) in [7, 11) is 0. The van der Waals surface area contributed by atoms with E-state index in [1.807, 2.05) is 0 Å². The van der Waals surface area contributed by atoms with E-state index in [2.05, 4.69) is 4.74 Å². The Morgan fingerprint density at radius 1 is 1.12 bits per heavy atom. The molecule has 0 aromatic heterocycles. The summed E-state index contributed by atoms with van der Waals surface area (Å²) in [4.78, 5) is 14.0. The van der Waals surface area contributed by atoms with Gasteiger partial charge in [-0.25, -0.2) is 0 Å². The molecule has 25 heavy (non-hydrogen) atoms. The summed E-state index contributed by atoms with van der Waals surface area (Å²) in [6, 6.07) is 10.5. The van der Waals surface area contributed by atoms with Crippen LogP contribution in [-0.2, 0) is 0 Å². The van der Waals surface area contributed by atoms with Crippen molar-refractivity contribution in [3.63, 3.8) is 0 Å². The van der Waals surface area contributed by atoms with Gasteiger partial charge in [0.2, 0.25) is 0 Å². The van der Waals surface area contributed by atoms with E-state index in [4.69, 9.17) is 10.5 Å². The predicted molar refractivity (Wildman–Crippen MR) is 84.1 cm³/mol. The second-order valence-corrected chi connectivity index (χ2v) is 5.38. The Labute approximate surface area is 141 Å². The zero-order valence-electron chi connectivity index (χ0n) is 13.0. The van der Waals surface area contributed by atoms with E-state index >= 15 is 0 Å². The van der Waals surface area contributed by atoms with Crippen molar-refractivity contribution < 1.29 is 27.4 Å². The van der Waals surface area contributed by atoms with Gasteiger partial charge >= 0.3 is 6.36 Å². The fourth-order valence-corrected chi connectivity index (χ4v) is 2.56. The van der Waals surface area contributed by atoms with Crippen LogP contribution in [0.2, 0.25) is 0 Å². The van der Waals surface area contributed by atoms with E-state index in [9.17, 15) is 18.0 Å². The molecule has 0 aliphatic carbocycles. The maximum absolute atomic E-state index is 12.5. The van der Waals surface area contributed by atoms with E-state index < -0.39 is 6.36 Å². The number of halogens is 3. The minimum atomic E-state index is -4.74. The number of carbonyl (C=O) groups is 1. The summed E-state index contributed by atoms with van der Waals surface area (Å²) in [5.41, 5.74) is 7.27. The minimum Gasteiger partial charge on any atom is -0.491 e. The molecule has 5 nitrogen and oxygen atoms in total. The topological polar surface area (TPSA) is 64.8 Å². The zero-order chi connectivity index (χ0) is 18.0. The first-order chi connectivity index (χ1) is 11.9. The van der Waals surface area contributed by atoms with E-state index in [1.54, 1.807) is 18.2 Å². The third-order valence-electron chi connectivity index (χ3n) is 3.76. The van der Waals surface area contributed by atoms with Gasteiger partial charge in [0.1, 0.15) is 18.1 Å². The van der Waals surface area contributed by atoms with E-state index in [0.717, 1.165) is 0 Å². The van der Waals surface area contributed by atoms with Crippen molar-refractivity contribution in [2.24, 2.45) is 5.73 Å². The Morgan fingerprint density at radius 3 is 2.44 bits per heavy atom. The molecule has 3 rings (SSSR count). The predicted octanol–water partition coefficient (Wildman–Crippen LogP) is 3.00. The lowest BCUT2D eigenvalue weighted by atomic mass is 10.0. The van der Waals surface area contributed by atoms with Crippen molar-refractivity contribution in [2.75, 3.05) is 19.8 Å². The summed E-state index contributed by atoms with van der Waals surface area (Å²) in [6.45, 7) is 0.816. The van der Waals surface area contributed by atoms with E-state index in [1.165, 1.54) is 29.2 Å². The first-order valence-electron chi connectivity index (χ1n) is 7.50. The Hall–Kier alpha value is -2.74. The van der Waals surface area contributed by atoms with Crippen LogP contribution in [0.25, 0.3) is 11.1 Å². The van der Waals surface area contributed by atoms with Crippen LogP contribution in [0.4, 0.5) is 13.2 Å². The smallest absolute Gasteiger partial charge is 0.491 e. The van der Waals surface area contributed by atoms with Gasteiger partial charge in [-0.3, -0.25) is 4.79 Å². The van der Waals surface area contributed by atoms with Gasteiger partial charge in [0, 0.05) is 0 Å².